The van der Waals surface area contributed by atoms with Crippen LogP contribution in [-0.4, -0.2) is 18.7 Å². The predicted octanol–water partition coefficient (Wildman–Crippen LogP) is 1.53. The number of carbonyl (C=O) groups excluding carboxylic acids is 2. The number of carbonyl (C=O) groups is 2. The minimum atomic E-state index is -0.0687. The van der Waals surface area contributed by atoms with Gasteiger partial charge in [-0.3, -0.25) is 4.79 Å². The monoisotopic (exact) mass is 238 g/mol. The predicted molar refractivity (Wildman–Crippen MR) is 69.2 cm³/mol. The Hall–Kier alpha value is -1.42. The lowest BCUT2D eigenvalue weighted by atomic mass is 10.1. The second-order valence-corrected chi connectivity index (χ2v) is 3.97. The van der Waals surface area contributed by atoms with E-state index in [9.17, 15) is 9.59 Å². The Morgan fingerprint density at radius 3 is 2.71 bits per heavy atom. The van der Waals surface area contributed by atoms with Crippen LogP contribution in [0.1, 0.15) is 33.1 Å². The highest BCUT2D eigenvalue weighted by Gasteiger charge is 2.07. The van der Waals surface area contributed by atoms with Gasteiger partial charge in [-0.05, 0) is 25.0 Å². The lowest BCUT2D eigenvalue weighted by Gasteiger charge is -2.09. The van der Waals surface area contributed by atoms with Gasteiger partial charge in [0.25, 0.3) is 0 Å². The van der Waals surface area contributed by atoms with E-state index in [1.165, 1.54) is 0 Å². The van der Waals surface area contributed by atoms with E-state index in [1.54, 1.807) is 6.08 Å². The highest BCUT2D eigenvalue weighted by atomic mass is 16.1. The van der Waals surface area contributed by atoms with Crippen LogP contribution in [0.3, 0.4) is 0 Å². The first-order chi connectivity index (χ1) is 8.13. The smallest absolute Gasteiger partial charge is 0.224 e. The zero-order chi connectivity index (χ0) is 13.1. The van der Waals surface area contributed by atoms with Crippen LogP contribution in [0, 0.1) is 5.92 Å². The molecule has 0 aliphatic carbocycles. The molecular weight excluding hydrogens is 216 g/mol. The van der Waals surface area contributed by atoms with Crippen LogP contribution in [0.4, 0.5) is 0 Å². The molecule has 4 heteroatoms. The Balaban J connectivity index is 4.37. The molecule has 0 saturated heterocycles. The van der Waals surface area contributed by atoms with Gasteiger partial charge in [0, 0.05) is 18.5 Å². The van der Waals surface area contributed by atoms with Gasteiger partial charge in [-0.25, -0.2) is 0 Å². The van der Waals surface area contributed by atoms with Gasteiger partial charge >= 0.3 is 0 Å². The molecule has 1 atom stereocenters. The summed E-state index contributed by atoms with van der Waals surface area (Å²) < 4.78 is 0. The fourth-order valence-electron chi connectivity index (χ4n) is 1.19. The second kappa shape index (κ2) is 9.78. The summed E-state index contributed by atoms with van der Waals surface area (Å²) in [5.74, 6) is 0.0957. The molecule has 0 rings (SSSR count). The average molecular weight is 238 g/mol. The molecule has 0 aromatic carbocycles. The van der Waals surface area contributed by atoms with Crippen LogP contribution in [0.5, 0.6) is 0 Å². The molecule has 17 heavy (non-hydrogen) atoms. The summed E-state index contributed by atoms with van der Waals surface area (Å²) >= 11 is 0. The number of nitrogens with two attached hydrogens (primary N) is 1. The fraction of sp³-hybridized carbons (Fsp3) is 0.538. The van der Waals surface area contributed by atoms with Crippen LogP contribution in [0.15, 0.2) is 23.9 Å². The van der Waals surface area contributed by atoms with Crippen LogP contribution >= 0.6 is 0 Å². The third-order valence-corrected chi connectivity index (χ3v) is 2.19. The molecule has 0 fully saturated rings. The molecule has 0 spiro atoms. The highest BCUT2D eigenvalue weighted by Crippen LogP contribution is 2.02. The van der Waals surface area contributed by atoms with Crippen LogP contribution < -0.4 is 11.1 Å². The van der Waals surface area contributed by atoms with E-state index in [2.05, 4.69) is 5.32 Å². The maximum absolute atomic E-state index is 11.6. The summed E-state index contributed by atoms with van der Waals surface area (Å²) in [7, 11) is 0. The number of hydrogen-bond donors (Lipinski definition) is 2. The van der Waals surface area contributed by atoms with Crippen LogP contribution in [0.2, 0.25) is 0 Å². The molecule has 0 bridgehead atoms. The Labute approximate surface area is 103 Å². The van der Waals surface area contributed by atoms with Gasteiger partial charge in [0.05, 0.1) is 0 Å². The van der Waals surface area contributed by atoms with Crippen molar-refractivity contribution >= 4 is 12.2 Å². The Bertz CT molecular complexity index is 296. The minimum Gasteiger partial charge on any atom is -0.330 e. The van der Waals surface area contributed by atoms with E-state index in [1.807, 2.05) is 26.0 Å². The maximum atomic E-state index is 11.6. The Morgan fingerprint density at radius 2 is 2.18 bits per heavy atom. The molecule has 0 saturated carbocycles. The van der Waals surface area contributed by atoms with Crippen molar-refractivity contribution in [2.24, 2.45) is 11.7 Å². The van der Waals surface area contributed by atoms with E-state index in [4.69, 9.17) is 5.73 Å². The molecule has 0 heterocycles. The topological polar surface area (TPSA) is 72.2 Å². The van der Waals surface area contributed by atoms with Gasteiger partial charge in [0.1, 0.15) is 6.29 Å². The molecule has 1 unspecified atom stereocenters. The average Bonchev–Trinajstić information content (AvgIpc) is 2.32. The number of allylic oxidation sites excluding steroid dienone is 3. The molecule has 0 aromatic rings. The molecule has 4 nitrogen and oxygen atoms in total. The minimum absolute atomic E-state index is 0.0687. The molecular formula is C13H22N2O2. The summed E-state index contributed by atoms with van der Waals surface area (Å²) in [6.45, 7) is 4.42. The van der Waals surface area contributed by atoms with Gasteiger partial charge in [-0.15, -0.1) is 0 Å². The molecule has 3 N–H and O–H groups in total. The summed E-state index contributed by atoms with van der Waals surface area (Å²) in [6, 6.07) is 0. The summed E-state index contributed by atoms with van der Waals surface area (Å²) in [5.41, 5.74) is 6.13. The van der Waals surface area contributed by atoms with E-state index >= 15 is 0 Å². The zero-order valence-electron chi connectivity index (χ0n) is 10.6. The van der Waals surface area contributed by atoms with E-state index < -0.39 is 0 Å². The van der Waals surface area contributed by atoms with Crippen molar-refractivity contribution in [3.05, 3.63) is 23.9 Å². The van der Waals surface area contributed by atoms with Gasteiger partial charge in [0.15, 0.2) is 0 Å². The summed E-state index contributed by atoms with van der Waals surface area (Å²) in [5, 5.41) is 2.77. The third kappa shape index (κ3) is 8.39. The summed E-state index contributed by atoms with van der Waals surface area (Å²) in [6.07, 6.45) is 7.83. The third-order valence-electron chi connectivity index (χ3n) is 2.19. The zero-order valence-corrected chi connectivity index (χ0v) is 10.6. The quantitative estimate of drug-likeness (QED) is 0.497. The number of rotatable bonds is 8. The van der Waals surface area contributed by atoms with E-state index in [0.717, 1.165) is 12.7 Å². The lowest BCUT2D eigenvalue weighted by molar-refractivity contribution is -0.121. The van der Waals surface area contributed by atoms with E-state index in [0.29, 0.717) is 25.1 Å². The first kappa shape index (κ1) is 15.6. The van der Waals surface area contributed by atoms with Gasteiger partial charge in [-0.2, -0.15) is 0 Å². The van der Waals surface area contributed by atoms with Gasteiger partial charge in [0.2, 0.25) is 5.91 Å². The van der Waals surface area contributed by atoms with E-state index in [-0.39, 0.29) is 11.8 Å². The molecule has 0 aliphatic rings. The van der Waals surface area contributed by atoms with Crippen LogP contribution in [0.25, 0.3) is 0 Å². The number of hydrogen-bond acceptors (Lipinski definition) is 3. The number of aldehydes is 1. The fourth-order valence-corrected chi connectivity index (χ4v) is 1.19. The van der Waals surface area contributed by atoms with Crippen molar-refractivity contribution in [3.63, 3.8) is 0 Å². The Kier molecular flexibility index (Phi) is 8.96. The number of nitrogens with one attached hydrogen (secondary N) is 1. The van der Waals surface area contributed by atoms with Crippen molar-refractivity contribution in [2.75, 3.05) is 6.54 Å². The first-order valence-corrected chi connectivity index (χ1v) is 5.94. The first-order valence-electron chi connectivity index (χ1n) is 5.94. The number of amides is 1. The summed E-state index contributed by atoms with van der Waals surface area (Å²) in [4.78, 5) is 21.9. The highest BCUT2D eigenvalue weighted by molar-refractivity contribution is 5.78. The van der Waals surface area contributed by atoms with Crippen molar-refractivity contribution in [1.82, 2.24) is 5.32 Å². The largest absolute Gasteiger partial charge is 0.330 e. The van der Waals surface area contributed by atoms with Crippen molar-refractivity contribution < 1.29 is 9.59 Å². The molecule has 0 radical (unpaired) electrons. The van der Waals surface area contributed by atoms with Crippen molar-refractivity contribution in [1.29, 1.82) is 0 Å². The molecule has 96 valence electrons. The SMILES string of the molecule is CC/C=C\C(=C/CC=O)NC(=O)CC(C)CN. The van der Waals surface area contributed by atoms with Crippen LogP contribution in [-0.2, 0) is 9.59 Å². The van der Waals surface area contributed by atoms with Gasteiger partial charge in [-0.1, -0.05) is 26.0 Å². The molecule has 0 aliphatic heterocycles. The standard InChI is InChI=1S/C13H22N2O2/c1-3-4-6-12(7-5-8-16)15-13(17)9-11(2)10-14/h4,6-8,11H,3,5,9-10,14H2,1-2H3,(H,15,17)/b6-4-,12-7+. The van der Waals surface area contributed by atoms with Gasteiger partial charge < -0.3 is 15.8 Å². The lowest BCUT2D eigenvalue weighted by Crippen LogP contribution is -2.26. The maximum Gasteiger partial charge on any atom is 0.224 e. The van der Waals surface area contributed by atoms with Crippen molar-refractivity contribution in [2.45, 2.75) is 33.1 Å². The Morgan fingerprint density at radius 1 is 1.47 bits per heavy atom. The molecule has 1 amide bonds. The normalized spacial score (nSPS) is 13.7. The second-order valence-electron chi connectivity index (χ2n) is 3.97. The van der Waals surface area contributed by atoms with Crippen molar-refractivity contribution in [3.8, 4) is 0 Å². The molecule has 0 aromatic heterocycles.